The predicted molar refractivity (Wildman–Crippen MR) is 73.5 cm³/mol. The van der Waals surface area contributed by atoms with Crippen molar-refractivity contribution in [3.8, 4) is 0 Å². The quantitative estimate of drug-likeness (QED) is 0.882. The molecule has 1 aromatic carbocycles. The van der Waals surface area contributed by atoms with Crippen LogP contribution in [0.15, 0.2) is 18.2 Å². The maximum Gasteiger partial charge on any atom is 0.238 e. The van der Waals surface area contributed by atoms with Crippen molar-refractivity contribution in [2.24, 2.45) is 0 Å². The van der Waals surface area contributed by atoms with Gasteiger partial charge in [0.25, 0.3) is 0 Å². The Morgan fingerprint density at radius 2 is 2.10 bits per heavy atom. The molecule has 2 rings (SSSR count). The number of anilines is 1. The Labute approximate surface area is 117 Å². The molecule has 1 heterocycles. The summed E-state index contributed by atoms with van der Waals surface area (Å²) in [5.74, 6) is -1.55. The summed E-state index contributed by atoms with van der Waals surface area (Å²) in [6.07, 6.45) is 1.97. The third-order valence-corrected chi connectivity index (χ3v) is 3.53. The Morgan fingerprint density at radius 3 is 2.80 bits per heavy atom. The first-order valence-electron chi connectivity index (χ1n) is 6.72. The first kappa shape index (κ1) is 14.9. The summed E-state index contributed by atoms with van der Waals surface area (Å²) in [6, 6.07) is 3.35. The minimum atomic E-state index is -0.635. The van der Waals surface area contributed by atoms with E-state index in [2.05, 4.69) is 10.6 Å². The summed E-state index contributed by atoms with van der Waals surface area (Å²) in [5, 5.41) is 5.67. The second-order valence-electron chi connectivity index (χ2n) is 5.07. The molecule has 20 heavy (non-hydrogen) atoms. The number of carbonyl (C=O) groups is 1. The van der Waals surface area contributed by atoms with E-state index in [0.29, 0.717) is 6.04 Å². The van der Waals surface area contributed by atoms with Crippen LogP contribution >= 0.6 is 0 Å². The van der Waals surface area contributed by atoms with Gasteiger partial charge >= 0.3 is 0 Å². The molecule has 0 radical (unpaired) electrons. The van der Waals surface area contributed by atoms with Crippen molar-refractivity contribution in [1.29, 1.82) is 0 Å². The first-order valence-corrected chi connectivity index (χ1v) is 6.72. The first-order chi connectivity index (χ1) is 9.56. The highest BCUT2D eigenvalue weighted by atomic mass is 19.1. The van der Waals surface area contributed by atoms with Gasteiger partial charge in [-0.3, -0.25) is 9.69 Å². The van der Waals surface area contributed by atoms with E-state index in [4.69, 9.17) is 0 Å². The fourth-order valence-electron chi connectivity index (χ4n) is 2.39. The van der Waals surface area contributed by atoms with Gasteiger partial charge in [0.05, 0.1) is 12.2 Å². The number of nitrogens with zero attached hydrogens (tertiary/aromatic N) is 1. The molecule has 4 nitrogen and oxygen atoms in total. The molecule has 1 saturated heterocycles. The van der Waals surface area contributed by atoms with E-state index in [1.54, 1.807) is 0 Å². The number of benzene rings is 1. The second-order valence-corrected chi connectivity index (χ2v) is 5.07. The topological polar surface area (TPSA) is 44.4 Å². The Hall–Kier alpha value is -1.53. The number of piperidine rings is 1. The average molecular weight is 283 g/mol. The van der Waals surface area contributed by atoms with Gasteiger partial charge in [0.15, 0.2) is 0 Å². The molecule has 0 aromatic heterocycles. The SMILES string of the molecule is CN(CC(=O)Nc1cc(F)ccc1F)C1CCNCC1. The summed E-state index contributed by atoms with van der Waals surface area (Å²) < 4.78 is 26.4. The van der Waals surface area contributed by atoms with Gasteiger partial charge in [0.2, 0.25) is 5.91 Å². The Bertz CT molecular complexity index is 475. The maximum absolute atomic E-state index is 13.4. The monoisotopic (exact) mass is 283 g/mol. The van der Waals surface area contributed by atoms with Crippen LogP contribution in [0.5, 0.6) is 0 Å². The molecule has 0 atom stereocenters. The lowest BCUT2D eigenvalue weighted by molar-refractivity contribution is -0.117. The van der Waals surface area contributed by atoms with Crippen molar-refractivity contribution in [3.63, 3.8) is 0 Å². The zero-order chi connectivity index (χ0) is 14.5. The zero-order valence-electron chi connectivity index (χ0n) is 11.5. The van der Waals surface area contributed by atoms with Crippen molar-refractivity contribution in [1.82, 2.24) is 10.2 Å². The van der Waals surface area contributed by atoms with Crippen LogP contribution in [0, 0.1) is 11.6 Å². The van der Waals surface area contributed by atoms with Crippen LogP contribution in [0.25, 0.3) is 0 Å². The van der Waals surface area contributed by atoms with Crippen molar-refractivity contribution < 1.29 is 13.6 Å². The molecule has 6 heteroatoms. The third-order valence-electron chi connectivity index (χ3n) is 3.53. The van der Waals surface area contributed by atoms with Gasteiger partial charge in [-0.2, -0.15) is 0 Å². The summed E-state index contributed by atoms with van der Waals surface area (Å²) in [5.41, 5.74) is -0.117. The van der Waals surface area contributed by atoms with Gasteiger partial charge in [0, 0.05) is 12.1 Å². The molecule has 0 saturated carbocycles. The fourth-order valence-corrected chi connectivity index (χ4v) is 2.39. The molecule has 0 spiro atoms. The van der Waals surface area contributed by atoms with E-state index in [0.717, 1.165) is 44.1 Å². The van der Waals surface area contributed by atoms with Crippen molar-refractivity contribution in [2.45, 2.75) is 18.9 Å². The zero-order valence-corrected chi connectivity index (χ0v) is 11.5. The molecule has 1 aliphatic heterocycles. The standard InChI is InChI=1S/C14H19F2N3O/c1-19(11-4-6-17-7-5-11)9-14(20)18-13-8-10(15)2-3-12(13)16/h2-3,8,11,17H,4-7,9H2,1H3,(H,18,20). The van der Waals surface area contributed by atoms with Crippen molar-refractivity contribution >= 4 is 11.6 Å². The van der Waals surface area contributed by atoms with E-state index in [-0.39, 0.29) is 18.1 Å². The van der Waals surface area contributed by atoms with Crippen LogP contribution in [0.1, 0.15) is 12.8 Å². The number of rotatable bonds is 4. The molecular formula is C14H19F2N3O. The lowest BCUT2D eigenvalue weighted by atomic mass is 10.1. The summed E-state index contributed by atoms with van der Waals surface area (Å²) in [7, 11) is 1.87. The number of carbonyl (C=O) groups excluding carboxylic acids is 1. The minimum Gasteiger partial charge on any atom is -0.322 e. The predicted octanol–water partition coefficient (Wildman–Crippen LogP) is 1.59. The van der Waals surface area contributed by atoms with Gasteiger partial charge in [-0.1, -0.05) is 0 Å². The van der Waals surface area contributed by atoms with E-state index >= 15 is 0 Å². The molecular weight excluding hydrogens is 264 g/mol. The lowest BCUT2D eigenvalue weighted by Crippen LogP contribution is -2.44. The second kappa shape index (κ2) is 6.76. The minimum absolute atomic E-state index is 0.117. The number of likely N-dealkylation sites (N-methyl/N-ethyl adjacent to an activating group) is 1. The maximum atomic E-state index is 13.4. The summed E-state index contributed by atoms with van der Waals surface area (Å²) >= 11 is 0. The molecule has 1 amide bonds. The number of amides is 1. The molecule has 110 valence electrons. The largest absolute Gasteiger partial charge is 0.322 e. The van der Waals surface area contributed by atoms with E-state index < -0.39 is 11.6 Å². The smallest absolute Gasteiger partial charge is 0.238 e. The number of hydrogen-bond acceptors (Lipinski definition) is 3. The van der Waals surface area contributed by atoms with E-state index in [1.807, 2.05) is 11.9 Å². The Kier molecular flexibility index (Phi) is 5.03. The lowest BCUT2D eigenvalue weighted by Gasteiger charge is -2.31. The Morgan fingerprint density at radius 1 is 1.40 bits per heavy atom. The van der Waals surface area contributed by atoms with Gasteiger partial charge in [-0.25, -0.2) is 8.78 Å². The van der Waals surface area contributed by atoms with Crippen LogP contribution in [-0.4, -0.2) is 43.5 Å². The van der Waals surface area contributed by atoms with Crippen LogP contribution in [0.4, 0.5) is 14.5 Å². The summed E-state index contributed by atoms with van der Waals surface area (Å²) in [4.78, 5) is 13.8. The number of halogens is 2. The van der Waals surface area contributed by atoms with Gasteiger partial charge in [0.1, 0.15) is 11.6 Å². The molecule has 1 fully saturated rings. The third kappa shape index (κ3) is 3.98. The van der Waals surface area contributed by atoms with Crippen LogP contribution in [-0.2, 0) is 4.79 Å². The molecule has 0 unspecified atom stereocenters. The molecule has 0 aliphatic carbocycles. The fraction of sp³-hybridized carbons (Fsp3) is 0.500. The number of hydrogen-bond donors (Lipinski definition) is 2. The highest BCUT2D eigenvalue weighted by Crippen LogP contribution is 2.15. The molecule has 2 N–H and O–H groups in total. The van der Waals surface area contributed by atoms with Crippen LogP contribution in [0.3, 0.4) is 0 Å². The van der Waals surface area contributed by atoms with Gasteiger partial charge in [-0.15, -0.1) is 0 Å². The molecule has 1 aliphatic rings. The highest BCUT2D eigenvalue weighted by Gasteiger charge is 2.20. The van der Waals surface area contributed by atoms with Gasteiger partial charge in [-0.05, 0) is 45.1 Å². The Balaban J connectivity index is 1.89. The van der Waals surface area contributed by atoms with Crippen LogP contribution in [0.2, 0.25) is 0 Å². The number of nitrogens with one attached hydrogen (secondary N) is 2. The van der Waals surface area contributed by atoms with Crippen molar-refractivity contribution in [3.05, 3.63) is 29.8 Å². The molecule has 0 bridgehead atoms. The van der Waals surface area contributed by atoms with E-state index in [1.165, 1.54) is 0 Å². The van der Waals surface area contributed by atoms with E-state index in [9.17, 15) is 13.6 Å². The van der Waals surface area contributed by atoms with Crippen molar-refractivity contribution in [2.75, 3.05) is 32.0 Å². The molecule has 1 aromatic rings. The normalized spacial score (nSPS) is 16.4. The van der Waals surface area contributed by atoms with Crippen LogP contribution < -0.4 is 10.6 Å². The highest BCUT2D eigenvalue weighted by molar-refractivity contribution is 5.92. The van der Waals surface area contributed by atoms with Gasteiger partial charge < -0.3 is 10.6 Å². The summed E-state index contributed by atoms with van der Waals surface area (Å²) in [6.45, 7) is 2.05. The average Bonchev–Trinajstić information content (AvgIpc) is 2.43.